The molecule has 3 nitrogen and oxygen atoms in total. The van der Waals surface area contributed by atoms with Gasteiger partial charge in [-0.25, -0.2) is 13.4 Å². The smallest absolute Gasteiger partial charge is 0.178 e. The van der Waals surface area contributed by atoms with Gasteiger partial charge in [-0.05, 0) is 31.4 Å². The molecule has 90 valence electrons. The summed E-state index contributed by atoms with van der Waals surface area (Å²) in [7, 11) is -3.32. The summed E-state index contributed by atoms with van der Waals surface area (Å²) in [5.41, 5.74) is 2.55. The van der Waals surface area contributed by atoms with Gasteiger partial charge in [0.2, 0.25) is 0 Å². The highest BCUT2D eigenvalue weighted by molar-refractivity contribution is 7.90. The van der Waals surface area contributed by atoms with E-state index in [1.807, 2.05) is 13.8 Å². The zero-order chi connectivity index (χ0) is 12.5. The molecule has 0 spiro atoms. The van der Waals surface area contributed by atoms with Crippen molar-refractivity contribution in [3.05, 3.63) is 22.0 Å². The molecule has 0 aromatic carbocycles. The lowest BCUT2D eigenvalue weighted by molar-refractivity contribution is 0.600. The molecular weight excluding hydrogens is 246 g/mol. The van der Waals surface area contributed by atoms with Gasteiger partial charge in [0.15, 0.2) is 9.84 Å². The zero-order valence-corrected chi connectivity index (χ0v) is 11.5. The molecule has 0 saturated heterocycles. The second-order valence-electron chi connectivity index (χ2n) is 3.94. The van der Waals surface area contributed by atoms with Crippen LogP contribution in [0.1, 0.15) is 30.2 Å². The molecule has 1 aromatic heterocycles. The lowest BCUT2D eigenvalue weighted by Crippen LogP contribution is -2.08. The molecule has 0 fully saturated rings. The average Bonchev–Trinajstić information content (AvgIpc) is 2.09. The Morgan fingerprint density at radius 3 is 2.31 bits per heavy atom. The van der Waals surface area contributed by atoms with Gasteiger partial charge in [0.25, 0.3) is 0 Å². The van der Waals surface area contributed by atoms with E-state index in [0.717, 1.165) is 35.9 Å². The van der Waals surface area contributed by atoms with E-state index < -0.39 is 9.84 Å². The lowest BCUT2D eigenvalue weighted by Gasteiger charge is -2.13. The van der Waals surface area contributed by atoms with Gasteiger partial charge in [-0.15, -0.1) is 0 Å². The molecule has 0 bridgehead atoms. The first-order valence-electron chi connectivity index (χ1n) is 5.14. The molecule has 0 aliphatic heterocycles. The Morgan fingerprint density at radius 2 is 1.88 bits per heavy atom. The summed E-state index contributed by atoms with van der Waals surface area (Å²) in [5.74, 6) is 0. The van der Waals surface area contributed by atoms with Crippen LogP contribution in [0.5, 0.6) is 0 Å². The van der Waals surface area contributed by atoms with Crippen molar-refractivity contribution < 1.29 is 8.42 Å². The second kappa shape index (κ2) is 4.72. The van der Waals surface area contributed by atoms with Crippen molar-refractivity contribution in [2.75, 3.05) is 6.26 Å². The van der Waals surface area contributed by atoms with E-state index in [4.69, 9.17) is 11.6 Å². The third kappa shape index (κ3) is 2.55. The Hall–Kier alpha value is -0.610. The number of pyridine rings is 1. The normalized spacial score (nSPS) is 11.8. The minimum atomic E-state index is -3.32. The van der Waals surface area contributed by atoms with Crippen LogP contribution in [-0.4, -0.2) is 19.7 Å². The quantitative estimate of drug-likeness (QED) is 0.786. The minimum absolute atomic E-state index is 0.0809. The Kier molecular flexibility index (Phi) is 3.97. The fourth-order valence-corrected chi connectivity index (χ4v) is 3.60. The average molecular weight is 262 g/mol. The second-order valence-corrected chi connectivity index (χ2v) is 6.25. The van der Waals surface area contributed by atoms with Crippen LogP contribution in [0.25, 0.3) is 0 Å². The molecule has 0 radical (unpaired) electrons. The molecular formula is C11H16ClNO2S. The number of nitrogens with zero attached hydrogens (tertiary/aromatic N) is 1. The molecule has 0 atom stereocenters. The summed E-state index contributed by atoms with van der Waals surface area (Å²) in [6.45, 7) is 5.70. The maximum atomic E-state index is 11.6. The van der Waals surface area contributed by atoms with E-state index >= 15 is 0 Å². The number of aromatic nitrogens is 1. The number of rotatable bonds is 3. The standard InChI is InChI=1S/C11H16ClNO2S/c1-5-6-9-7(2)10(16(4,14)15)11(12)13-8(9)3/h5-6H2,1-4H3. The van der Waals surface area contributed by atoms with Crippen LogP contribution >= 0.6 is 11.6 Å². The topological polar surface area (TPSA) is 47.0 Å². The maximum absolute atomic E-state index is 11.6. The molecule has 0 unspecified atom stereocenters. The van der Waals surface area contributed by atoms with Gasteiger partial charge in [0.1, 0.15) is 10.0 Å². The van der Waals surface area contributed by atoms with Gasteiger partial charge in [0.05, 0.1) is 0 Å². The molecule has 0 saturated carbocycles. The first-order chi connectivity index (χ1) is 7.29. The van der Waals surface area contributed by atoms with Crippen LogP contribution in [0.2, 0.25) is 5.15 Å². The number of halogens is 1. The number of hydrogen-bond donors (Lipinski definition) is 0. The number of aryl methyl sites for hydroxylation is 1. The molecule has 1 rings (SSSR count). The predicted molar refractivity (Wildman–Crippen MR) is 65.8 cm³/mol. The van der Waals surface area contributed by atoms with Crippen LogP contribution < -0.4 is 0 Å². The Balaban J connectivity index is 3.58. The van der Waals surface area contributed by atoms with Crippen molar-refractivity contribution >= 4 is 21.4 Å². The van der Waals surface area contributed by atoms with Crippen LogP contribution in [-0.2, 0) is 16.3 Å². The highest BCUT2D eigenvalue weighted by Gasteiger charge is 2.20. The fourth-order valence-electron chi connectivity index (χ4n) is 1.88. The summed E-state index contributed by atoms with van der Waals surface area (Å²) >= 11 is 5.90. The summed E-state index contributed by atoms with van der Waals surface area (Å²) in [5, 5.41) is 0.0809. The van der Waals surface area contributed by atoms with Gasteiger partial charge in [-0.1, -0.05) is 24.9 Å². The van der Waals surface area contributed by atoms with Crippen molar-refractivity contribution in [2.24, 2.45) is 0 Å². The van der Waals surface area contributed by atoms with Gasteiger partial charge in [-0.3, -0.25) is 0 Å². The van der Waals surface area contributed by atoms with E-state index in [9.17, 15) is 8.42 Å². The first kappa shape index (κ1) is 13.5. The molecule has 0 aliphatic carbocycles. The minimum Gasteiger partial charge on any atom is -0.240 e. The van der Waals surface area contributed by atoms with Gasteiger partial charge >= 0.3 is 0 Å². The van der Waals surface area contributed by atoms with Crippen molar-refractivity contribution in [3.8, 4) is 0 Å². The fraction of sp³-hybridized carbons (Fsp3) is 0.545. The van der Waals surface area contributed by atoms with Gasteiger partial charge in [0, 0.05) is 11.9 Å². The van der Waals surface area contributed by atoms with Crippen molar-refractivity contribution in [3.63, 3.8) is 0 Å². The molecule has 1 aromatic rings. The van der Waals surface area contributed by atoms with E-state index in [1.165, 1.54) is 0 Å². The molecule has 5 heteroatoms. The van der Waals surface area contributed by atoms with E-state index in [2.05, 4.69) is 4.98 Å². The van der Waals surface area contributed by atoms with E-state index in [-0.39, 0.29) is 10.0 Å². The summed E-state index contributed by atoms with van der Waals surface area (Å²) in [6.07, 6.45) is 2.94. The van der Waals surface area contributed by atoms with E-state index in [0.29, 0.717) is 0 Å². The van der Waals surface area contributed by atoms with Crippen LogP contribution in [0.15, 0.2) is 4.90 Å². The number of hydrogen-bond acceptors (Lipinski definition) is 3. The van der Waals surface area contributed by atoms with Crippen molar-refractivity contribution in [1.82, 2.24) is 4.98 Å². The van der Waals surface area contributed by atoms with E-state index in [1.54, 1.807) is 6.92 Å². The highest BCUT2D eigenvalue weighted by atomic mass is 35.5. The summed E-state index contributed by atoms with van der Waals surface area (Å²) in [6, 6.07) is 0. The third-order valence-corrected chi connectivity index (χ3v) is 4.18. The lowest BCUT2D eigenvalue weighted by atomic mass is 10.0. The largest absolute Gasteiger partial charge is 0.240 e. The Bertz CT molecular complexity index is 509. The molecule has 0 N–H and O–H groups in total. The third-order valence-electron chi connectivity index (χ3n) is 2.55. The highest BCUT2D eigenvalue weighted by Crippen LogP contribution is 2.28. The molecule has 1 heterocycles. The zero-order valence-electron chi connectivity index (χ0n) is 9.96. The number of sulfone groups is 1. The molecule has 0 aliphatic rings. The summed E-state index contributed by atoms with van der Waals surface area (Å²) < 4.78 is 23.2. The molecule has 16 heavy (non-hydrogen) atoms. The summed E-state index contributed by atoms with van der Waals surface area (Å²) in [4.78, 5) is 4.28. The predicted octanol–water partition coefficient (Wildman–Crippen LogP) is 2.71. The van der Waals surface area contributed by atoms with Gasteiger partial charge < -0.3 is 0 Å². The van der Waals surface area contributed by atoms with Crippen molar-refractivity contribution in [2.45, 2.75) is 38.5 Å². The SMILES string of the molecule is CCCc1c(C)nc(Cl)c(S(C)(=O)=O)c1C. The van der Waals surface area contributed by atoms with Crippen molar-refractivity contribution in [1.29, 1.82) is 0 Å². The van der Waals surface area contributed by atoms with Crippen LogP contribution in [0.4, 0.5) is 0 Å². The Labute approximate surface area is 102 Å². The first-order valence-corrected chi connectivity index (χ1v) is 7.41. The van der Waals surface area contributed by atoms with Gasteiger partial charge in [-0.2, -0.15) is 0 Å². The maximum Gasteiger partial charge on any atom is 0.178 e. The molecule has 0 amide bonds. The van der Waals surface area contributed by atoms with Crippen LogP contribution in [0, 0.1) is 13.8 Å². The van der Waals surface area contributed by atoms with Crippen LogP contribution in [0.3, 0.4) is 0 Å². The Morgan fingerprint density at radius 1 is 1.31 bits per heavy atom. The monoisotopic (exact) mass is 261 g/mol.